The lowest BCUT2D eigenvalue weighted by atomic mass is 10.2. The molecule has 0 aromatic heterocycles. The maximum Gasteiger partial charge on any atom is 0.339 e. The van der Waals surface area contributed by atoms with E-state index in [0.29, 0.717) is 5.75 Å². The summed E-state index contributed by atoms with van der Waals surface area (Å²) in [6.07, 6.45) is 1.91. The first kappa shape index (κ1) is 11.9. The molecule has 1 aromatic rings. The number of ether oxygens (including phenoxy) is 1. The Labute approximate surface area is 93.4 Å². The fourth-order valence-electron chi connectivity index (χ4n) is 1.16. The second-order valence-electron chi connectivity index (χ2n) is 3.33. The van der Waals surface area contributed by atoms with Gasteiger partial charge in [0.2, 0.25) is 0 Å². The standard InChI is InChI=1S/C11H14O3S/c1-7(2)14-10-6-8(15-3)4-5-9(10)11(12)13/h4-7H,1-3H3,(H,12,13). The van der Waals surface area contributed by atoms with Crippen molar-refractivity contribution in [1.82, 2.24) is 0 Å². The highest BCUT2D eigenvalue weighted by Crippen LogP contribution is 2.26. The van der Waals surface area contributed by atoms with Gasteiger partial charge in [-0.15, -0.1) is 11.8 Å². The summed E-state index contributed by atoms with van der Waals surface area (Å²) in [4.78, 5) is 11.9. The Morgan fingerprint density at radius 1 is 1.47 bits per heavy atom. The van der Waals surface area contributed by atoms with Gasteiger partial charge >= 0.3 is 5.97 Å². The van der Waals surface area contributed by atoms with Crippen molar-refractivity contribution in [2.24, 2.45) is 0 Å². The molecule has 82 valence electrons. The first-order valence-electron chi connectivity index (χ1n) is 4.62. The first-order valence-corrected chi connectivity index (χ1v) is 5.85. The highest BCUT2D eigenvalue weighted by atomic mass is 32.2. The Balaban J connectivity index is 3.10. The van der Waals surface area contributed by atoms with E-state index >= 15 is 0 Å². The maximum absolute atomic E-state index is 10.9. The number of carboxylic acids is 1. The molecule has 0 heterocycles. The number of aromatic carboxylic acids is 1. The number of hydrogen-bond acceptors (Lipinski definition) is 3. The van der Waals surface area contributed by atoms with Gasteiger partial charge in [0.25, 0.3) is 0 Å². The van der Waals surface area contributed by atoms with Crippen molar-refractivity contribution in [3.8, 4) is 5.75 Å². The quantitative estimate of drug-likeness (QED) is 0.802. The molecule has 0 bridgehead atoms. The smallest absolute Gasteiger partial charge is 0.339 e. The molecule has 0 unspecified atom stereocenters. The van der Waals surface area contributed by atoms with E-state index in [1.54, 1.807) is 30.0 Å². The van der Waals surface area contributed by atoms with Crippen molar-refractivity contribution < 1.29 is 14.6 Å². The van der Waals surface area contributed by atoms with Crippen LogP contribution in [-0.4, -0.2) is 23.4 Å². The van der Waals surface area contributed by atoms with E-state index < -0.39 is 5.97 Å². The average Bonchev–Trinajstić information content (AvgIpc) is 2.16. The Bertz CT molecular complexity index is 361. The lowest BCUT2D eigenvalue weighted by Gasteiger charge is -2.13. The molecule has 0 spiro atoms. The molecule has 1 aromatic carbocycles. The van der Waals surface area contributed by atoms with Crippen LogP contribution in [0.2, 0.25) is 0 Å². The summed E-state index contributed by atoms with van der Waals surface area (Å²) in [6.45, 7) is 3.74. The minimum Gasteiger partial charge on any atom is -0.490 e. The summed E-state index contributed by atoms with van der Waals surface area (Å²) in [5, 5.41) is 8.96. The van der Waals surface area contributed by atoms with Crippen LogP contribution in [0.25, 0.3) is 0 Å². The normalized spacial score (nSPS) is 10.4. The fraction of sp³-hybridized carbons (Fsp3) is 0.364. The highest BCUT2D eigenvalue weighted by Gasteiger charge is 2.12. The Morgan fingerprint density at radius 2 is 2.13 bits per heavy atom. The summed E-state index contributed by atoms with van der Waals surface area (Å²) >= 11 is 1.56. The zero-order chi connectivity index (χ0) is 11.4. The molecule has 0 atom stereocenters. The minimum absolute atomic E-state index is 0.0276. The maximum atomic E-state index is 10.9. The molecule has 0 aliphatic rings. The molecule has 4 heteroatoms. The predicted octanol–water partition coefficient (Wildman–Crippen LogP) is 2.89. The lowest BCUT2D eigenvalue weighted by molar-refractivity contribution is 0.0690. The molecule has 0 saturated heterocycles. The molecule has 0 radical (unpaired) electrons. The molecule has 0 fully saturated rings. The Morgan fingerprint density at radius 3 is 2.60 bits per heavy atom. The van der Waals surface area contributed by atoms with Crippen LogP contribution in [0.5, 0.6) is 5.75 Å². The topological polar surface area (TPSA) is 46.5 Å². The molecule has 0 amide bonds. The molecule has 0 aliphatic heterocycles. The number of benzene rings is 1. The molecule has 1 N–H and O–H groups in total. The van der Waals surface area contributed by atoms with Gasteiger partial charge < -0.3 is 9.84 Å². The lowest BCUT2D eigenvalue weighted by Crippen LogP contribution is -2.09. The zero-order valence-corrected chi connectivity index (χ0v) is 9.80. The van der Waals surface area contributed by atoms with Crippen molar-refractivity contribution >= 4 is 17.7 Å². The van der Waals surface area contributed by atoms with Gasteiger partial charge in [0.15, 0.2) is 0 Å². The largest absolute Gasteiger partial charge is 0.490 e. The van der Waals surface area contributed by atoms with E-state index in [1.807, 2.05) is 20.1 Å². The van der Waals surface area contributed by atoms with Crippen molar-refractivity contribution in [1.29, 1.82) is 0 Å². The average molecular weight is 226 g/mol. The monoisotopic (exact) mass is 226 g/mol. The number of thioether (sulfide) groups is 1. The van der Waals surface area contributed by atoms with Gasteiger partial charge in [-0.05, 0) is 38.3 Å². The SMILES string of the molecule is CSc1ccc(C(=O)O)c(OC(C)C)c1. The van der Waals surface area contributed by atoms with Gasteiger partial charge in [-0.25, -0.2) is 4.79 Å². The summed E-state index contributed by atoms with van der Waals surface area (Å²) in [7, 11) is 0. The second kappa shape index (κ2) is 5.07. The van der Waals surface area contributed by atoms with E-state index in [4.69, 9.17) is 9.84 Å². The summed E-state index contributed by atoms with van der Waals surface area (Å²) in [5.41, 5.74) is 0.210. The summed E-state index contributed by atoms with van der Waals surface area (Å²) < 4.78 is 5.45. The molecule has 1 rings (SSSR count). The van der Waals surface area contributed by atoms with Crippen molar-refractivity contribution in [3.63, 3.8) is 0 Å². The third kappa shape index (κ3) is 3.16. The van der Waals surface area contributed by atoms with E-state index in [9.17, 15) is 4.79 Å². The highest BCUT2D eigenvalue weighted by molar-refractivity contribution is 7.98. The number of rotatable bonds is 4. The van der Waals surface area contributed by atoms with Gasteiger partial charge in [0.1, 0.15) is 11.3 Å². The van der Waals surface area contributed by atoms with Gasteiger partial charge in [-0.1, -0.05) is 0 Å². The van der Waals surface area contributed by atoms with Crippen LogP contribution < -0.4 is 4.74 Å². The Kier molecular flexibility index (Phi) is 4.03. The van der Waals surface area contributed by atoms with Crippen molar-refractivity contribution in [3.05, 3.63) is 23.8 Å². The third-order valence-corrected chi connectivity index (χ3v) is 2.51. The van der Waals surface area contributed by atoms with Crippen LogP contribution in [0.15, 0.2) is 23.1 Å². The second-order valence-corrected chi connectivity index (χ2v) is 4.21. The van der Waals surface area contributed by atoms with Crippen molar-refractivity contribution in [2.75, 3.05) is 6.26 Å². The first-order chi connectivity index (χ1) is 7.04. The Hall–Kier alpha value is -1.16. The zero-order valence-electron chi connectivity index (χ0n) is 8.98. The van der Waals surface area contributed by atoms with Crippen LogP contribution in [-0.2, 0) is 0 Å². The molecule has 0 aliphatic carbocycles. The number of hydrogen-bond donors (Lipinski definition) is 1. The van der Waals surface area contributed by atoms with Crippen LogP contribution in [0.4, 0.5) is 0 Å². The van der Waals surface area contributed by atoms with Crippen LogP contribution in [0, 0.1) is 0 Å². The predicted molar refractivity (Wildman–Crippen MR) is 60.9 cm³/mol. The summed E-state index contributed by atoms with van der Waals surface area (Å²) in [5.74, 6) is -0.525. The van der Waals surface area contributed by atoms with E-state index in [2.05, 4.69) is 0 Å². The van der Waals surface area contributed by atoms with Crippen LogP contribution >= 0.6 is 11.8 Å². The van der Waals surface area contributed by atoms with E-state index in [-0.39, 0.29) is 11.7 Å². The van der Waals surface area contributed by atoms with Crippen LogP contribution in [0.1, 0.15) is 24.2 Å². The van der Waals surface area contributed by atoms with E-state index in [1.165, 1.54) is 0 Å². The van der Waals surface area contributed by atoms with Crippen molar-refractivity contribution in [2.45, 2.75) is 24.8 Å². The molecule has 15 heavy (non-hydrogen) atoms. The number of carbonyl (C=O) groups is 1. The van der Waals surface area contributed by atoms with Crippen LogP contribution in [0.3, 0.4) is 0 Å². The van der Waals surface area contributed by atoms with Gasteiger partial charge in [0, 0.05) is 4.90 Å². The minimum atomic E-state index is -0.960. The fourth-order valence-corrected chi connectivity index (χ4v) is 1.59. The molecular weight excluding hydrogens is 212 g/mol. The van der Waals surface area contributed by atoms with E-state index in [0.717, 1.165) is 4.90 Å². The number of carboxylic acid groups (broad SMARTS) is 1. The summed E-state index contributed by atoms with van der Waals surface area (Å²) in [6, 6.07) is 5.11. The van der Waals surface area contributed by atoms with Gasteiger partial charge in [-0.3, -0.25) is 0 Å². The van der Waals surface area contributed by atoms with Gasteiger partial charge in [-0.2, -0.15) is 0 Å². The third-order valence-electron chi connectivity index (χ3n) is 1.78. The molecule has 0 saturated carbocycles. The molecular formula is C11H14O3S. The van der Waals surface area contributed by atoms with Gasteiger partial charge in [0.05, 0.1) is 6.10 Å². The molecule has 3 nitrogen and oxygen atoms in total.